The van der Waals surface area contributed by atoms with E-state index in [0.717, 1.165) is 5.56 Å². The molecule has 1 aliphatic heterocycles. The van der Waals surface area contributed by atoms with Crippen molar-refractivity contribution >= 4 is 25.6 Å². The van der Waals surface area contributed by atoms with Crippen molar-refractivity contribution < 1.29 is 17.9 Å². The zero-order valence-corrected chi connectivity index (χ0v) is 12.5. The summed E-state index contributed by atoms with van der Waals surface area (Å²) >= 11 is 0. The number of carbonyl (C=O) groups excluding carboxylic acids is 1. The lowest BCUT2D eigenvalue weighted by atomic mass is 10.1. The fraction of sp³-hybridized carbons (Fsp3) is 0.500. The Morgan fingerprint density at radius 3 is 2.95 bits per heavy atom. The molecular formula is C12H15ClN2O4S. The number of nitrogens with zero attached hydrogens (tertiary/aromatic N) is 2. The Balaban J connectivity index is 2.05. The number of carbonyl (C=O) groups is 1. The number of amides is 1. The molecule has 0 radical (unpaired) electrons. The highest BCUT2D eigenvalue weighted by Gasteiger charge is 2.32. The van der Waals surface area contributed by atoms with E-state index in [1.54, 1.807) is 17.2 Å². The number of aromatic nitrogens is 1. The van der Waals surface area contributed by atoms with Crippen molar-refractivity contribution in [1.29, 1.82) is 0 Å². The Bertz CT molecular complexity index is 605. The van der Waals surface area contributed by atoms with Gasteiger partial charge < -0.3 is 9.64 Å². The predicted molar refractivity (Wildman–Crippen MR) is 74.0 cm³/mol. The minimum atomic E-state index is -3.58. The van der Waals surface area contributed by atoms with Gasteiger partial charge in [-0.1, -0.05) is 6.07 Å². The summed E-state index contributed by atoms with van der Waals surface area (Å²) in [5.41, 5.74) is 0.790. The third-order valence-corrected chi connectivity index (χ3v) is 4.38. The van der Waals surface area contributed by atoms with Gasteiger partial charge in [-0.05, 0) is 6.07 Å². The number of pyridine rings is 1. The number of likely N-dealkylation sites (tertiary alicyclic amines) is 1. The summed E-state index contributed by atoms with van der Waals surface area (Å²) < 4.78 is 27.3. The van der Waals surface area contributed by atoms with Gasteiger partial charge in [-0.25, -0.2) is 13.4 Å². The monoisotopic (exact) mass is 318 g/mol. The first-order valence-electron chi connectivity index (χ1n) is 6.07. The molecule has 1 aliphatic rings. The van der Waals surface area contributed by atoms with Crippen molar-refractivity contribution in [1.82, 2.24) is 9.88 Å². The van der Waals surface area contributed by atoms with Crippen LogP contribution in [0.5, 0.6) is 5.88 Å². The largest absolute Gasteiger partial charge is 0.481 e. The van der Waals surface area contributed by atoms with Crippen molar-refractivity contribution in [2.75, 3.05) is 19.4 Å². The zero-order valence-electron chi connectivity index (χ0n) is 11.0. The van der Waals surface area contributed by atoms with Crippen molar-refractivity contribution in [3.8, 4) is 5.88 Å². The van der Waals surface area contributed by atoms with E-state index >= 15 is 0 Å². The number of ether oxygens (including phenoxy) is 1. The summed E-state index contributed by atoms with van der Waals surface area (Å²) in [6, 6.07) is 3.59. The molecule has 0 spiro atoms. The Morgan fingerprint density at radius 2 is 2.30 bits per heavy atom. The molecule has 1 atom stereocenters. The van der Waals surface area contributed by atoms with Crippen LogP contribution in [-0.4, -0.2) is 43.6 Å². The van der Waals surface area contributed by atoms with Crippen LogP contribution in [0.25, 0.3) is 0 Å². The van der Waals surface area contributed by atoms with E-state index in [-0.39, 0.29) is 24.0 Å². The first kappa shape index (κ1) is 15.1. The third kappa shape index (κ3) is 3.83. The molecule has 1 aromatic heterocycles. The Labute approximate surface area is 122 Å². The standard InChI is InChI=1S/C12H15ClN2O4S/c1-19-12-10(3-2-4-14-12)7-15-6-9(5-11(15)16)8-20(13,17)18/h2-4,9H,5-8H2,1H3. The molecule has 1 unspecified atom stereocenters. The van der Waals surface area contributed by atoms with Crippen molar-refractivity contribution in [2.24, 2.45) is 5.92 Å². The molecular weight excluding hydrogens is 304 g/mol. The van der Waals surface area contributed by atoms with E-state index < -0.39 is 9.05 Å². The number of halogens is 1. The van der Waals surface area contributed by atoms with Crippen molar-refractivity contribution in [2.45, 2.75) is 13.0 Å². The number of rotatable bonds is 5. The van der Waals surface area contributed by atoms with Gasteiger partial charge in [-0.15, -0.1) is 0 Å². The molecule has 1 aromatic rings. The maximum Gasteiger partial charge on any atom is 0.232 e. The molecule has 0 aromatic carbocycles. The summed E-state index contributed by atoms with van der Waals surface area (Å²) in [5, 5.41) is 0. The van der Waals surface area contributed by atoms with Crippen molar-refractivity contribution in [3.63, 3.8) is 0 Å². The second-order valence-electron chi connectivity index (χ2n) is 4.72. The Morgan fingerprint density at radius 1 is 1.55 bits per heavy atom. The lowest BCUT2D eigenvalue weighted by Crippen LogP contribution is -2.25. The highest BCUT2D eigenvalue weighted by molar-refractivity contribution is 8.13. The van der Waals surface area contributed by atoms with Crippen LogP contribution in [0.2, 0.25) is 0 Å². The Hall–Kier alpha value is -1.34. The molecule has 0 N–H and O–H groups in total. The minimum Gasteiger partial charge on any atom is -0.481 e. The molecule has 1 amide bonds. The van der Waals surface area contributed by atoms with Crippen LogP contribution >= 0.6 is 10.7 Å². The smallest absolute Gasteiger partial charge is 0.232 e. The molecule has 8 heteroatoms. The second-order valence-corrected chi connectivity index (χ2v) is 7.54. The molecule has 1 saturated heterocycles. The summed E-state index contributed by atoms with van der Waals surface area (Å²) in [5.74, 6) is -0.0522. The molecule has 6 nitrogen and oxygen atoms in total. The molecule has 2 rings (SSSR count). The van der Waals surface area contributed by atoms with Crippen LogP contribution in [0.15, 0.2) is 18.3 Å². The van der Waals surface area contributed by atoms with Gasteiger partial charge in [0, 0.05) is 41.3 Å². The molecule has 110 valence electrons. The second kappa shape index (κ2) is 5.97. The van der Waals surface area contributed by atoms with Crippen LogP contribution in [0.1, 0.15) is 12.0 Å². The number of hydrogen-bond donors (Lipinski definition) is 0. The molecule has 0 saturated carbocycles. The summed E-state index contributed by atoms with van der Waals surface area (Å²) in [4.78, 5) is 17.6. The van der Waals surface area contributed by atoms with Gasteiger partial charge in [0.15, 0.2) is 0 Å². The highest BCUT2D eigenvalue weighted by Crippen LogP contribution is 2.24. The van der Waals surface area contributed by atoms with Gasteiger partial charge in [0.25, 0.3) is 0 Å². The average Bonchev–Trinajstić information content (AvgIpc) is 2.68. The van der Waals surface area contributed by atoms with Crippen LogP contribution in [-0.2, 0) is 20.4 Å². The normalized spacial score (nSPS) is 19.4. The number of hydrogen-bond acceptors (Lipinski definition) is 5. The van der Waals surface area contributed by atoms with E-state index in [1.807, 2.05) is 6.07 Å². The summed E-state index contributed by atoms with van der Waals surface area (Å²) in [6.45, 7) is 0.734. The van der Waals surface area contributed by atoms with Gasteiger partial charge in [0.2, 0.25) is 20.8 Å². The molecule has 1 fully saturated rings. The van der Waals surface area contributed by atoms with Gasteiger partial charge in [0.05, 0.1) is 19.4 Å². The van der Waals surface area contributed by atoms with Crippen LogP contribution in [0.4, 0.5) is 0 Å². The minimum absolute atomic E-state index is 0.0822. The third-order valence-electron chi connectivity index (χ3n) is 3.13. The van der Waals surface area contributed by atoms with Gasteiger partial charge in [-0.2, -0.15) is 0 Å². The molecule has 2 heterocycles. The van der Waals surface area contributed by atoms with E-state index in [0.29, 0.717) is 19.0 Å². The van der Waals surface area contributed by atoms with E-state index in [2.05, 4.69) is 4.98 Å². The van der Waals surface area contributed by atoms with E-state index in [1.165, 1.54) is 7.11 Å². The summed E-state index contributed by atoms with van der Waals surface area (Å²) in [7, 11) is 3.16. The molecule has 20 heavy (non-hydrogen) atoms. The van der Waals surface area contributed by atoms with Crippen LogP contribution in [0.3, 0.4) is 0 Å². The maximum absolute atomic E-state index is 11.9. The lowest BCUT2D eigenvalue weighted by Gasteiger charge is -2.17. The number of methoxy groups -OCH3 is 1. The first-order valence-corrected chi connectivity index (χ1v) is 8.55. The van der Waals surface area contributed by atoms with Gasteiger partial charge in [0.1, 0.15) is 0 Å². The van der Waals surface area contributed by atoms with E-state index in [4.69, 9.17) is 15.4 Å². The van der Waals surface area contributed by atoms with Crippen LogP contribution in [0, 0.1) is 5.92 Å². The Kier molecular flexibility index (Phi) is 4.49. The highest BCUT2D eigenvalue weighted by atomic mass is 35.7. The first-order chi connectivity index (χ1) is 9.39. The quantitative estimate of drug-likeness (QED) is 0.757. The van der Waals surface area contributed by atoms with Gasteiger partial charge in [-0.3, -0.25) is 4.79 Å². The molecule has 0 aliphatic carbocycles. The topological polar surface area (TPSA) is 76.6 Å². The SMILES string of the molecule is COc1ncccc1CN1CC(CS(=O)(=O)Cl)CC1=O. The average molecular weight is 319 g/mol. The van der Waals surface area contributed by atoms with Gasteiger partial charge >= 0.3 is 0 Å². The van der Waals surface area contributed by atoms with Crippen LogP contribution < -0.4 is 4.74 Å². The zero-order chi connectivity index (χ0) is 14.8. The molecule has 0 bridgehead atoms. The summed E-state index contributed by atoms with van der Waals surface area (Å²) in [6.07, 6.45) is 1.81. The lowest BCUT2D eigenvalue weighted by molar-refractivity contribution is -0.128. The maximum atomic E-state index is 11.9. The van der Waals surface area contributed by atoms with E-state index in [9.17, 15) is 13.2 Å². The fourth-order valence-corrected chi connectivity index (χ4v) is 3.65. The fourth-order valence-electron chi connectivity index (χ4n) is 2.33. The van der Waals surface area contributed by atoms with Crippen molar-refractivity contribution in [3.05, 3.63) is 23.9 Å². The predicted octanol–water partition coefficient (Wildman–Crippen LogP) is 1.01.